The van der Waals surface area contributed by atoms with E-state index in [0.29, 0.717) is 5.92 Å². The molecule has 7 rings (SSSR count). The van der Waals surface area contributed by atoms with Gasteiger partial charge in [0, 0.05) is 42.2 Å². The third kappa shape index (κ3) is 5.20. The van der Waals surface area contributed by atoms with E-state index in [1.807, 2.05) is 0 Å². The van der Waals surface area contributed by atoms with Crippen LogP contribution in [0.1, 0.15) is 99.8 Å². The standard InChI is InChI=1S/C44H50N2/c1-5-8-16-33-23-25-40-36(33)28-30-46-43(40)39-22-15-14-21-38(39)41(44(46,6-2)7-3)26-24-34-19-12-13-20-37(34)42-31-35(27-29-45(42)4)32-17-10-9-11-18-32/h9-15,17-22,27-31,33,41H,5-8,16,23-26H2,1-4H3/q+2. The van der Waals surface area contributed by atoms with E-state index >= 15 is 0 Å². The molecule has 2 aliphatic rings. The summed E-state index contributed by atoms with van der Waals surface area (Å²) >= 11 is 0. The zero-order chi connectivity index (χ0) is 31.7. The zero-order valence-corrected chi connectivity index (χ0v) is 28.3. The van der Waals surface area contributed by atoms with Crippen LogP contribution in [0.15, 0.2) is 109 Å². The molecule has 0 saturated heterocycles. The predicted molar refractivity (Wildman–Crippen MR) is 191 cm³/mol. The highest BCUT2D eigenvalue weighted by Gasteiger charge is 2.52. The number of unbranched alkanes of at least 4 members (excludes halogenated alkanes) is 1. The first-order valence-electron chi connectivity index (χ1n) is 17.9. The van der Waals surface area contributed by atoms with Crippen LogP contribution in [0.4, 0.5) is 0 Å². The van der Waals surface area contributed by atoms with Gasteiger partial charge in [0.05, 0.1) is 11.5 Å². The van der Waals surface area contributed by atoms with E-state index in [4.69, 9.17) is 0 Å². The van der Waals surface area contributed by atoms with E-state index in [-0.39, 0.29) is 5.54 Å². The minimum atomic E-state index is 0.0626. The maximum Gasteiger partial charge on any atom is 0.216 e. The molecular weight excluding hydrogens is 556 g/mol. The number of aromatic nitrogens is 2. The van der Waals surface area contributed by atoms with Gasteiger partial charge in [-0.2, -0.15) is 4.57 Å². The Morgan fingerprint density at radius 1 is 0.717 bits per heavy atom. The van der Waals surface area contributed by atoms with Gasteiger partial charge >= 0.3 is 0 Å². The summed E-state index contributed by atoms with van der Waals surface area (Å²) in [7, 11) is 2.18. The van der Waals surface area contributed by atoms with Gasteiger partial charge in [0.15, 0.2) is 17.9 Å². The van der Waals surface area contributed by atoms with Gasteiger partial charge in [-0.05, 0) is 78.0 Å². The molecule has 46 heavy (non-hydrogen) atoms. The number of aryl methyl sites for hydroxylation is 2. The molecule has 2 nitrogen and oxygen atoms in total. The number of hydrogen-bond donors (Lipinski definition) is 0. The number of hydrogen-bond acceptors (Lipinski definition) is 0. The van der Waals surface area contributed by atoms with Crippen molar-refractivity contribution in [1.29, 1.82) is 0 Å². The van der Waals surface area contributed by atoms with Crippen LogP contribution < -0.4 is 9.13 Å². The van der Waals surface area contributed by atoms with E-state index in [1.54, 1.807) is 16.7 Å². The lowest BCUT2D eigenvalue weighted by molar-refractivity contribution is -0.763. The molecular formula is C44H50N2+2. The third-order valence-corrected chi connectivity index (χ3v) is 11.6. The Labute approximate surface area is 276 Å². The van der Waals surface area contributed by atoms with E-state index in [9.17, 15) is 0 Å². The normalized spacial score (nSPS) is 17.7. The van der Waals surface area contributed by atoms with Crippen molar-refractivity contribution in [1.82, 2.24) is 0 Å². The average Bonchev–Trinajstić information content (AvgIpc) is 3.53. The number of rotatable bonds is 10. The Hall–Kier alpha value is -4.04. The largest absolute Gasteiger partial charge is 0.216 e. The molecule has 0 radical (unpaired) electrons. The van der Waals surface area contributed by atoms with Crippen molar-refractivity contribution in [3.63, 3.8) is 0 Å². The summed E-state index contributed by atoms with van der Waals surface area (Å²) in [5, 5.41) is 0. The molecule has 0 fully saturated rings. The molecule has 2 heteroatoms. The second-order valence-electron chi connectivity index (χ2n) is 13.8. The van der Waals surface area contributed by atoms with Crippen LogP contribution in [0.2, 0.25) is 0 Å². The second-order valence-corrected chi connectivity index (χ2v) is 13.8. The smallest absolute Gasteiger partial charge is 0.201 e. The first-order chi connectivity index (χ1) is 22.6. The van der Waals surface area contributed by atoms with Crippen molar-refractivity contribution in [2.45, 2.75) is 95.9 Å². The lowest BCUT2D eigenvalue weighted by atomic mass is 9.67. The summed E-state index contributed by atoms with van der Waals surface area (Å²) in [6.45, 7) is 7.19. The highest BCUT2D eigenvalue weighted by molar-refractivity contribution is 5.71. The summed E-state index contributed by atoms with van der Waals surface area (Å²) in [4.78, 5) is 0. The van der Waals surface area contributed by atoms with Gasteiger partial charge in [-0.15, -0.1) is 0 Å². The van der Waals surface area contributed by atoms with Gasteiger partial charge in [-0.3, -0.25) is 0 Å². The SMILES string of the molecule is CCCCC1CCc2c1cc[n+]1c2-c2ccccc2C(CCc2ccccc2-c2cc(-c3ccccc3)cc[n+]2C)C1(CC)CC. The van der Waals surface area contributed by atoms with Crippen LogP contribution in [-0.2, 0) is 25.4 Å². The van der Waals surface area contributed by atoms with Crippen molar-refractivity contribution < 1.29 is 9.13 Å². The molecule has 3 heterocycles. The highest BCUT2D eigenvalue weighted by Crippen LogP contribution is 2.50. The number of nitrogens with zero attached hydrogens (tertiary/aromatic N) is 2. The number of pyridine rings is 2. The van der Waals surface area contributed by atoms with Gasteiger partial charge in [0.1, 0.15) is 7.05 Å². The molecule has 2 aromatic heterocycles. The fourth-order valence-corrected chi connectivity index (χ4v) is 9.06. The quantitative estimate of drug-likeness (QED) is 0.140. The molecule has 0 saturated carbocycles. The Morgan fingerprint density at radius 2 is 1.46 bits per heavy atom. The lowest BCUT2D eigenvalue weighted by Gasteiger charge is -2.41. The molecule has 0 spiro atoms. The van der Waals surface area contributed by atoms with E-state index in [2.05, 4.69) is 146 Å². The Morgan fingerprint density at radius 3 is 2.24 bits per heavy atom. The van der Waals surface area contributed by atoms with Gasteiger partial charge in [0.25, 0.3) is 0 Å². The lowest BCUT2D eigenvalue weighted by Crippen LogP contribution is -2.62. The average molecular weight is 607 g/mol. The van der Waals surface area contributed by atoms with Gasteiger partial charge in [0.2, 0.25) is 11.4 Å². The van der Waals surface area contributed by atoms with Gasteiger partial charge < -0.3 is 0 Å². The Kier molecular flexibility index (Phi) is 8.64. The molecule has 2 atom stereocenters. The van der Waals surface area contributed by atoms with E-state index in [0.717, 1.165) is 31.6 Å². The summed E-state index contributed by atoms with van der Waals surface area (Å²) in [6.07, 6.45) is 15.6. The van der Waals surface area contributed by atoms with Crippen molar-refractivity contribution in [2.24, 2.45) is 7.05 Å². The highest BCUT2D eigenvalue weighted by atomic mass is 15.1. The fraction of sp³-hybridized carbons (Fsp3) is 0.364. The molecule has 0 N–H and O–H groups in total. The minimum absolute atomic E-state index is 0.0626. The number of fused-ring (bicyclic) bond motifs is 5. The van der Waals surface area contributed by atoms with Crippen molar-refractivity contribution in [3.8, 4) is 33.6 Å². The van der Waals surface area contributed by atoms with Crippen molar-refractivity contribution >= 4 is 0 Å². The van der Waals surface area contributed by atoms with Crippen LogP contribution in [0.25, 0.3) is 33.6 Å². The van der Waals surface area contributed by atoms with Gasteiger partial charge in [-0.25, -0.2) is 4.57 Å². The van der Waals surface area contributed by atoms with Crippen LogP contribution >= 0.6 is 0 Å². The monoisotopic (exact) mass is 606 g/mol. The van der Waals surface area contributed by atoms with Crippen LogP contribution in [-0.4, -0.2) is 0 Å². The third-order valence-electron chi connectivity index (χ3n) is 11.6. The minimum Gasteiger partial charge on any atom is -0.201 e. The maximum atomic E-state index is 2.76. The molecule has 2 unspecified atom stereocenters. The topological polar surface area (TPSA) is 7.76 Å². The van der Waals surface area contributed by atoms with E-state index < -0.39 is 0 Å². The van der Waals surface area contributed by atoms with Crippen molar-refractivity contribution in [3.05, 3.63) is 132 Å². The first kappa shape index (κ1) is 30.6. The summed E-state index contributed by atoms with van der Waals surface area (Å²) in [5.41, 5.74) is 14.5. The van der Waals surface area contributed by atoms with Gasteiger partial charge in [-0.1, -0.05) is 100 Å². The summed E-state index contributed by atoms with van der Waals surface area (Å²) < 4.78 is 5.04. The molecule has 234 valence electrons. The zero-order valence-electron chi connectivity index (χ0n) is 28.3. The molecule has 3 aromatic carbocycles. The van der Waals surface area contributed by atoms with E-state index in [1.165, 1.54) is 71.3 Å². The Bertz CT molecular complexity index is 1830. The van der Waals surface area contributed by atoms with Crippen LogP contribution in [0.5, 0.6) is 0 Å². The first-order valence-corrected chi connectivity index (χ1v) is 17.9. The second kappa shape index (κ2) is 13.0. The molecule has 0 bridgehead atoms. The Balaban J connectivity index is 1.27. The van der Waals surface area contributed by atoms with Crippen molar-refractivity contribution in [2.75, 3.05) is 0 Å². The van der Waals surface area contributed by atoms with Crippen LogP contribution in [0, 0.1) is 0 Å². The number of benzene rings is 3. The molecule has 5 aromatic rings. The maximum absolute atomic E-state index is 2.76. The fourth-order valence-electron chi connectivity index (χ4n) is 9.06. The predicted octanol–water partition coefficient (Wildman–Crippen LogP) is 10.3. The molecule has 1 aliphatic carbocycles. The van der Waals surface area contributed by atoms with Crippen LogP contribution in [0.3, 0.4) is 0 Å². The molecule has 0 amide bonds. The summed E-state index contributed by atoms with van der Waals surface area (Å²) in [5.74, 6) is 1.17. The molecule has 1 aliphatic heterocycles. The summed E-state index contributed by atoms with van der Waals surface area (Å²) in [6, 6.07) is 36.4.